The lowest BCUT2D eigenvalue weighted by Crippen LogP contribution is -2.31. The summed E-state index contributed by atoms with van der Waals surface area (Å²) in [6.07, 6.45) is 6.80. The van der Waals surface area contributed by atoms with Crippen molar-refractivity contribution in [3.63, 3.8) is 0 Å². The van der Waals surface area contributed by atoms with Crippen molar-refractivity contribution in [2.45, 2.75) is 6.54 Å². The van der Waals surface area contributed by atoms with Crippen LogP contribution in [-0.2, 0) is 6.54 Å². The Morgan fingerprint density at radius 3 is 2.81 bits per heavy atom. The van der Waals surface area contributed by atoms with Crippen molar-refractivity contribution in [3.8, 4) is 11.4 Å². The molecule has 0 unspecified atom stereocenters. The Balaban J connectivity index is 1.66. The van der Waals surface area contributed by atoms with Gasteiger partial charge in [0.05, 0.1) is 6.54 Å². The third-order valence-corrected chi connectivity index (χ3v) is 4.47. The average molecular weight is 355 g/mol. The minimum absolute atomic E-state index is 0.421. The topological polar surface area (TPSA) is 87.2 Å². The van der Waals surface area contributed by atoms with Gasteiger partial charge in [-0.25, -0.2) is 0 Å². The number of fused-ring (bicyclic) bond motifs is 2. The molecule has 1 aliphatic rings. The zero-order chi connectivity index (χ0) is 18.2. The highest BCUT2D eigenvalue weighted by Crippen LogP contribution is 2.27. The molecule has 4 aromatic rings. The van der Waals surface area contributed by atoms with Crippen LogP contribution in [0.3, 0.4) is 0 Å². The highest BCUT2D eigenvalue weighted by molar-refractivity contribution is 5.90. The summed E-state index contributed by atoms with van der Waals surface area (Å²) >= 11 is 0. The normalized spacial score (nSPS) is 12.3. The number of benzene rings is 1. The van der Waals surface area contributed by atoms with Crippen LogP contribution in [0.5, 0.6) is 0 Å². The van der Waals surface area contributed by atoms with Crippen LogP contribution in [0.4, 0.5) is 11.5 Å². The molecule has 0 radical (unpaired) electrons. The summed E-state index contributed by atoms with van der Waals surface area (Å²) in [5.41, 5.74) is 4.45. The SMILES string of the molecule is O[n+]1cccc2c(Nc3ccc4c(c3)C=NC4)nc(-c3ccncc3)nc21. The first-order valence-electron chi connectivity index (χ1n) is 8.50. The molecule has 130 valence electrons. The Labute approximate surface area is 154 Å². The summed E-state index contributed by atoms with van der Waals surface area (Å²) in [5, 5.41) is 14.3. The van der Waals surface area contributed by atoms with Gasteiger partial charge >= 0.3 is 5.65 Å². The van der Waals surface area contributed by atoms with Crippen LogP contribution in [-0.4, -0.2) is 26.4 Å². The Bertz CT molecular complexity index is 1190. The molecule has 0 saturated carbocycles. The van der Waals surface area contributed by atoms with Gasteiger partial charge in [0.15, 0.2) is 5.82 Å². The van der Waals surface area contributed by atoms with Crippen molar-refractivity contribution in [1.82, 2.24) is 15.0 Å². The summed E-state index contributed by atoms with van der Waals surface area (Å²) in [6.45, 7) is 0.725. The van der Waals surface area contributed by atoms with Gasteiger partial charge in [0.2, 0.25) is 0 Å². The minimum Gasteiger partial charge on any atom is -0.350 e. The van der Waals surface area contributed by atoms with E-state index in [0.717, 1.165) is 28.1 Å². The van der Waals surface area contributed by atoms with Gasteiger partial charge in [-0.05, 0) is 57.2 Å². The largest absolute Gasteiger partial charge is 0.374 e. The first-order chi connectivity index (χ1) is 13.3. The van der Waals surface area contributed by atoms with Gasteiger partial charge in [0, 0.05) is 29.9 Å². The van der Waals surface area contributed by atoms with Crippen LogP contribution in [0.25, 0.3) is 22.4 Å². The molecule has 1 aliphatic heterocycles. The molecule has 0 amide bonds. The first kappa shape index (κ1) is 15.4. The van der Waals surface area contributed by atoms with E-state index in [1.54, 1.807) is 24.7 Å². The molecule has 3 aromatic heterocycles. The molecule has 4 heterocycles. The van der Waals surface area contributed by atoms with Crippen LogP contribution in [0.1, 0.15) is 11.1 Å². The monoisotopic (exact) mass is 355 g/mol. The van der Waals surface area contributed by atoms with Gasteiger partial charge < -0.3 is 10.5 Å². The third-order valence-electron chi connectivity index (χ3n) is 4.47. The smallest absolute Gasteiger partial charge is 0.350 e. The zero-order valence-electron chi connectivity index (χ0n) is 14.2. The van der Waals surface area contributed by atoms with E-state index < -0.39 is 0 Å². The molecule has 0 atom stereocenters. The predicted octanol–water partition coefficient (Wildman–Crippen LogP) is 2.89. The van der Waals surface area contributed by atoms with Crippen LogP contribution in [0, 0.1) is 0 Å². The fraction of sp³-hybridized carbons (Fsp3) is 0.0500. The highest BCUT2D eigenvalue weighted by Gasteiger charge is 2.20. The van der Waals surface area contributed by atoms with Crippen LogP contribution < -0.4 is 10.0 Å². The van der Waals surface area contributed by atoms with E-state index in [0.29, 0.717) is 22.7 Å². The van der Waals surface area contributed by atoms with Crippen molar-refractivity contribution in [1.29, 1.82) is 0 Å². The van der Waals surface area contributed by atoms with Crippen molar-refractivity contribution in [2.75, 3.05) is 5.32 Å². The molecule has 1 aromatic carbocycles. The molecule has 0 aliphatic carbocycles. The second-order valence-corrected chi connectivity index (χ2v) is 6.23. The van der Waals surface area contributed by atoms with E-state index in [9.17, 15) is 5.21 Å². The number of hydrogen-bond acceptors (Lipinski definition) is 6. The van der Waals surface area contributed by atoms with E-state index in [1.165, 1.54) is 5.56 Å². The molecular weight excluding hydrogens is 340 g/mol. The Morgan fingerprint density at radius 2 is 1.93 bits per heavy atom. The summed E-state index contributed by atoms with van der Waals surface area (Å²) in [7, 11) is 0. The van der Waals surface area contributed by atoms with Gasteiger partial charge in [0.25, 0.3) is 5.82 Å². The number of aliphatic imine (C=N–C) groups is 1. The lowest BCUT2D eigenvalue weighted by Gasteiger charge is -2.09. The van der Waals surface area contributed by atoms with Gasteiger partial charge in [-0.15, -0.1) is 0 Å². The summed E-state index contributed by atoms with van der Waals surface area (Å²) < 4.78 is 1.00. The Kier molecular flexibility index (Phi) is 3.50. The molecule has 0 spiro atoms. The maximum absolute atomic E-state index is 10.2. The van der Waals surface area contributed by atoms with E-state index in [4.69, 9.17) is 4.98 Å². The number of anilines is 2. The summed E-state index contributed by atoms with van der Waals surface area (Å²) in [5.74, 6) is 1.12. The fourth-order valence-electron chi connectivity index (χ4n) is 3.12. The molecule has 7 nitrogen and oxygen atoms in total. The molecule has 27 heavy (non-hydrogen) atoms. The number of nitrogens with one attached hydrogen (secondary N) is 1. The molecule has 0 saturated heterocycles. The molecule has 5 rings (SSSR count). The maximum Gasteiger partial charge on any atom is 0.374 e. The molecule has 0 bridgehead atoms. The number of aromatic nitrogens is 4. The molecule has 2 N–H and O–H groups in total. The fourth-order valence-corrected chi connectivity index (χ4v) is 3.12. The van der Waals surface area contributed by atoms with E-state index in [1.807, 2.05) is 36.5 Å². The number of nitrogens with zero attached hydrogens (tertiary/aromatic N) is 5. The van der Waals surface area contributed by atoms with Crippen LogP contribution >= 0.6 is 0 Å². The molecule has 0 fully saturated rings. The van der Waals surface area contributed by atoms with Gasteiger partial charge in [-0.1, -0.05) is 6.07 Å². The average Bonchev–Trinajstić information content (AvgIpc) is 3.17. The number of hydrogen-bond donors (Lipinski definition) is 2. The van der Waals surface area contributed by atoms with E-state index in [-0.39, 0.29) is 0 Å². The predicted molar refractivity (Wildman–Crippen MR) is 101 cm³/mol. The second kappa shape index (κ2) is 6.14. The van der Waals surface area contributed by atoms with Crippen molar-refractivity contribution in [2.24, 2.45) is 4.99 Å². The van der Waals surface area contributed by atoms with Crippen LogP contribution in [0.15, 0.2) is 66.0 Å². The van der Waals surface area contributed by atoms with Crippen molar-refractivity contribution in [3.05, 3.63) is 72.2 Å². The van der Waals surface area contributed by atoms with Crippen molar-refractivity contribution < 1.29 is 9.94 Å². The Morgan fingerprint density at radius 1 is 1.04 bits per heavy atom. The minimum atomic E-state index is 0.421. The number of rotatable bonds is 3. The summed E-state index contributed by atoms with van der Waals surface area (Å²) in [4.78, 5) is 17.5. The van der Waals surface area contributed by atoms with E-state index in [2.05, 4.69) is 26.3 Å². The maximum atomic E-state index is 10.2. The van der Waals surface area contributed by atoms with E-state index >= 15 is 0 Å². The highest BCUT2D eigenvalue weighted by atomic mass is 16.5. The first-order valence-corrected chi connectivity index (χ1v) is 8.50. The van der Waals surface area contributed by atoms with Gasteiger partial charge in [-0.2, -0.15) is 4.98 Å². The second-order valence-electron chi connectivity index (χ2n) is 6.23. The van der Waals surface area contributed by atoms with Gasteiger partial charge in [-0.3, -0.25) is 9.98 Å². The lowest BCUT2D eigenvalue weighted by atomic mass is 10.1. The van der Waals surface area contributed by atoms with Crippen molar-refractivity contribution >= 4 is 28.8 Å². The lowest BCUT2D eigenvalue weighted by molar-refractivity contribution is -0.886. The van der Waals surface area contributed by atoms with Crippen LogP contribution in [0.2, 0.25) is 0 Å². The zero-order valence-corrected chi connectivity index (χ0v) is 14.2. The molecular formula is C20H15N6O+. The third kappa shape index (κ3) is 2.75. The van der Waals surface area contributed by atoms with Gasteiger partial charge in [0.1, 0.15) is 11.6 Å². The number of pyridine rings is 2. The molecule has 7 heteroatoms. The quantitative estimate of drug-likeness (QED) is 0.436. The Hall–Kier alpha value is -3.87. The standard InChI is InChI=1S/C20H14N6O/c27-26-9-1-2-17-19(23-16-4-3-14-11-22-12-15(14)10-16)24-18(25-20(17)26)13-5-7-21-8-6-13/h1-10,12,27H,11H2/p+1. The summed E-state index contributed by atoms with van der Waals surface area (Å²) in [6, 6.07) is 13.4.